The monoisotopic (exact) mass is 393 g/mol. The van der Waals surface area contributed by atoms with Gasteiger partial charge in [-0.2, -0.15) is 5.10 Å². The molecule has 8 heteroatoms. The number of nitrogens with zero attached hydrogens (tertiary/aromatic N) is 2. The van der Waals surface area contributed by atoms with Crippen LogP contribution >= 0.6 is 15.9 Å². The number of anilines is 2. The van der Waals surface area contributed by atoms with Gasteiger partial charge >= 0.3 is 6.03 Å². The molecule has 0 saturated heterocycles. The Kier molecular flexibility index (Phi) is 5.97. The predicted molar refractivity (Wildman–Crippen MR) is 98.2 cm³/mol. The van der Waals surface area contributed by atoms with Crippen LogP contribution in [-0.2, 0) is 13.6 Å². The Morgan fingerprint density at radius 1 is 1.29 bits per heavy atom. The van der Waals surface area contributed by atoms with Gasteiger partial charge in [0.05, 0.1) is 11.9 Å². The zero-order chi connectivity index (χ0) is 17.7. The van der Waals surface area contributed by atoms with Gasteiger partial charge in [-0.25, -0.2) is 9.48 Å². The number of carbonyl (C=O) groups excluding carboxylic acids is 1. The van der Waals surface area contributed by atoms with Gasteiger partial charge < -0.3 is 16.0 Å². The van der Waals surface area contributed by atoms with Crippen molar-refractivity contribution >= 4 is 33.3 Å². The number of aromatic nitrogens is 2. The van der Waals surface area contributed by atoms with Crippen LogP contribution in [0.15, 0.2) is 39.7 Å². The van der Waals surface area contributed by atoms with Crippen molar-refractivity contribution in [3.63, 3.8) is 0 Å². The summed E-state index contributed by atoms with van der Waals surface area (Å²) in [6, 6.07) is 7.31. The molecule has 128 valence electrons. The molecule has 1 aromatic carbocycles. The van der Waals surface area contributed by atoms with Crippen LogP contribution in [0.25, 0.3) is 0 Å². The molecule has 0 unspecified atom stereocenters. The van der Waals surface area contributed by atoms with E-state index in [1.54, 1.807) is 13.2 Å². The summed E-state index contributed by atoms with van der Waals surface area (Å²) in [4.78, 5) is 23.4. The predicted octanol–water partition coefficient (Wildman–Crippen LogP) is 2.68. The van der Waals surface area contributed by atoms with Gasteiger partial charge in [-0.1, -0.05) is 12.1 Å². The van der Waals surface area contributed by atoms with E-state index < -0.39 is 0 Å². The third-order valence-electron chi connectivity index (χ3n) is 3.19. The number of urea groups is 1. The number of amides is 2. The van der Waals surface area contributed by atoms with Crippen molar-refractivity contribution in [2.75, 3.05) is 10.6 Å². The molecule has 0 aliphatic heterocycles. The lowest BCUT2D eigenvalue weighted by atomic mass is 10.2. The quantitative estimate of drug-likeness (QED) is 0.728. The van der Waals surface area contributed by atoms with Crippen molar-refractivity contribution < 1.29 is 4.79 Å². The van der Waals surface area contributed by atoms with Crippen molar-refractivity contribution in [3.05, 3.63) is 50.9 Å². The van der Waals surface area contributed by atoms with Gasteiger partial charge in [0.15, 0.2) is 0 Å². The molecule has 0 atom stereocenters. The molecule has 0 radical (unpaired) electrons. The van der Waals surface area contributed by atoms with Gasteiger partial charge in [0, 0.05) is 25.3 Å². The highest BCUT2D eigenvalue weighted by Crippen LogP contribution is 2.17. The normalized spacial score (nSPS) is 10.5. The largest absolute Gasteiger partial charge is 0.379 e. The number of carbonyl (C=O) groups is 1. The highest BCUT2D eigenvalue weighted by atomic mass is 79.9. The van der Waals surface area contributed by atoms with Crippen LogP contribution in [0.1, 0.15) is 19.4 Å². The average Bonchev–Trinajstić information content (AvgIpc) is 2.52. The number of hydrogen-bond donors (Lipinski definition) is 3. The minimum Gasteiger partial charge on any atom is -0.379 e. The Balaban J connectivity index is 1.96. The van der Waals surface area contributed by atoms with Crippen LogP contribution in [0, 0.1) is 0 Å². The summed E-state index contributed by atoms with van der Waals surface area (Å²) < 4.78 is 1.71. The molecule has 0 fully saturated rings. The molecule has 24 heavy (non-hydrogen) atoms. The summed E-state index contributed by atoms with van der Waals surface area (Å²) in [5, 5.41) is 12.7. The van der Waals surface area contributed by atoms with Gasteiger partial charge in [-0.15, -0.1) is 0 Å². The first kappa shape index (κ1) is 18.0. The van der Waals surface area contributed by atoms with Crippen LogP contribution in [0.3, 0.4) is 0 Å². The lowest BCUT2D eigenvalue weighted by Crippen LogP contribution is -2.34. The minimum absolute atomic E-state index is 0.0825. The molecule has 1 aromatic heterocycles. The summed E-state index contributed by atoms with van der Waals surface area (Å²) in [6.07, 6.45) is 1.59. The second-order valence-corrected chi connectivity index (χ2v) is 6.40. The molecule has 2 rings (SSSR count). The Labute approximate surface area is 148 Å². The number of benzene rings is 1. The van der Waals surface area contributed by atoms with E-state index in [1.165, 1.54) is 4.68 Å². The van der Waals surface area contributed by atoms with E-state index in [1.807, 2.05) is 38.1 Å². The summed E-state index contributed by atoms with van der Waals surface area (Å²) in [5.74, 6) is 0. The number of hydrogen-bond acceptors (Lipinski definition) is 4. The van der Waals surface area contributed by atoms with Gasteiger partial charge in [0.2, 0.25) is 0 Å². The number of nitrogens with one attached hydrogen (secondary N) is 3. The highest BCUT2D eigenvalue weighted by Gasteiger charge is 2.07. The van der Waals surface area contributed by atoms with Crippen LogP contribution in [-0.4, -0.2) is 21.9 Å². The van der Waals surface area contributed by atoms with Gasteiger partial charge in [-0.3, -0.25) is 4.79 Å². The Morgan fingerprint density at radius 2 is 1.96 bits per heavy atom. The first-order valence-corrected chi connectivity index (χ1v) is 8.28. The van der Waals surface area contributed by atoms with E-state index in [0.717, 1.165) is 5.56 Å². The molecule has 0 bridgehead atoms. The number of rotatable bonds is 5. The third-order valence-corrected chi connectivity index (χ3v) is 3.96. The standard InChI is InChI=1S/C16H20BrN5O2/c1-10(2)20-16(24)21-12-6-4-11(5-7-12)8-18-13-9-19-22(3)15(23)14(13)17/h4-7,9-10,18H,8H2,1-3H3,(H2,20,21,24). The summed E-state index contributed by atoms with van der Waals surface area (Å²) in [5.41, 5.74) is 2.16. The highest BCUT2D eigenvalue weighted by molar-refractivity contribution is 9.10. The van der Waals surface area contributed by atoms with E-state index in [-0.39, 0.29) is 17.6 Å². The van der Waals surface area contributed by atoms with Crippen LogP contribution in [0.4, 0.5) is 16.2 Å². The Bertz CT molecular complexity index is 771. The third kappa shape index (κ3) is 4.82. The fourth-order valence-electron chi connectivity index (χ4n) is 1.97. The van der Waals surface area contributed by atoms with Crippen LogP contribution in [0.2, 0.25) is 0 Å². The summed E-state index contributed by atoms with van der Waals surface area (Å²) >= 11 is 3.27. The molecule has 0 spiro atoms. The lowest BCUT2D eigenvalue weighted by molar-refractivity contribution is 0.250. The van der Waals surface area contributed by atoms with E-state index in [9.17, 15) is 9.59 Å². The van der Waals surface area contributed by atoms with Crippen molar-refractivity contribution in [3.8, 4) is 0 Å². The van der Waals surface area contributed by atoms with E-state index >= 15 is 0 Å². The molecular formula is C16H20BrN5O2. The number of aryl methyl sites for hydroxylation is 1. The zero-order valence-electron chi connectivity index (χ0n) is 13.8. The lowest BCUT2D eigenvalue weighted by Gasteiger charge is -2.11. The van der Waals surface area contributed by atoms with Gasteiger partial charge in [-0.05, 0) is 47.5 Å². The number of halogens is 1. The molecule has 7 nitrogen and oxygen atoms in total. The fourth-order valence-corrected chi connectivity index (χ4v) is 2.47. The smallest absolute Gasteiger partial charge is 0.319 e. The van der Waals surface area contributed by atoms with Gasteiger partial charge in [0.25, 0.3) is 5.56 Å². The van der Waals surface area contributed by atoms with Gasteiger partial charge in [0.1, 0.15) is 4.47 Å². The topological polar surface area (TPSA) is 88.1 Å². The summed E-state index contributed by atoms with van der Waals surface area (Å²) in [7, 11) is 1.60. The summed E-state index contributed by atoms with van der Waals surface area (Å²) in [6.45, 7) is 4.34. The molecule has 0 aliphatic carbocycles. The fraction of sp³-hybridized carbons (Fsp3) is 0.312. The van der Waals surface area contributed by atoms with Crippen molar-refractivity contribution in [2.45, 2.75) is 26.4 Å². The minimum atomic E-state index is -0.231. The van der Waals surface area contributed by atoms with Crippen molar-refractivity contribution in [1.29, 1.82) is 0 Å². The second-order valence-electron chi connectivity index (χ2n) is 5.60. The maximum Gasteiger partial charge on any atom is 0.319 e. The zero-order valence-corrected chi connectivity index (χ0v) is 15.3. The first-order chi connectivity index (χ1) is 11.4. The SMILES string of the molecule is CC(C)NC(=O)Nc1ccc(CNc2cnn(C)c(=O)c2Br)cc1. The van der Waals surface area contributed by atoms with Crippen LogP contribution in [0.5, 0.6) is 0 Å². The van der Waals surface area contributed by atoms with E-state index in [0.29, 0.717) is 22.4 Å². The van der Waals surface area contributed by atoms with E-state index in [4.69, 9.17) is 0 Å². The second kappa shape index (κ2) is 7.96. The average molecular weight is 394 g/mol. The Morgan fingerprint density at radius 3 is 2.58 bits per heavy atom. The maximum atomic E-state index is 11.8. The molecule has 0 saturated carbocycles. The molecule has 1 heterocycles. The van der Waals surface area contributed by atoms with Crippen molar-refractivity contribution in [2.24, 2.45) is 7.05 Å². The Hall–Kier alpha value is -2.35. The van der Waals surface area contributed by atoms with E-state index in [2.05, 4.69) is 37.0 Å². The first-order valence-electron chi connectivity index (χ1n) is 7.49. The molecular weight excluding hydrogens is 374 g/mol. The molecule has 2 amide bonds. The van der Waals surface area contributed by atoms with Crippen LogP contribution < -0.4 is 21.5 Å². The molecule has 3 N–H and O–H groups in total. The molecule has 0 aliphatic rings. The van der Waals surface area contributed by atoms with Crippen molar-refractivity contribution in [1.82, 2.24) is 15.1 Å². The maximum absolute atomic E-state index is 11.8. The molecule has 2 aromatic rings.